The fourth-order valence-electron chi connectivity index (χ4n) is 2.46. The number of rotatable bonds is 2. The van der Waals surface area contributed by atoms with Crippen LogP contribution in [0.5, 0.6) is 0 Å². The Hall–Kier alpha value is -1.71. The average molecular weight is 361 g/mol. The topological polar surface area (TPSA) is 30.0 Å². The van der Waals surface area contributed by atoms with Crippen LogP contribution >= 0.6 is 27.5 Å². The Morgan fingerprint density at radius 2 is 1.86 bits per heavy atom. The number of fused-ring (bicyclic) bond motifs is 1. The van der Waals surface area contributed by atoms with Crippen molar-refractivity contribution in [2.45, 2.75) is 6.92 Å². The average Bonchev–Trinajstić information content (AvgIpc) is 2.47. The molecule has 0 radical (unpaired) electrons. The van der Waals surface area contributed by atoms with E-state index >= 15 is 0 Å². The van der Waals surface area contributed by atoms with Crippen LogP contribution in [0.15, 0.2) is 53.0 Å². The Kier molecular flexibility index (Phi) is 3.79. The Morgan fingerprint density at radius 3 is 2.52 bits per heavy atom. The summed E-state index contributed by atoms with van der Waals surface area (Å²) in [5.74, 6) is 0. The second-order valence-corrected chi connectivity index (χ2v) is 6.02. The van der Waals surface area contributed by atoms with Crippen molar-refractivity contribution in [1.82, 2.24) is 4.98 Å². The van der Waals surface area contributed by atoms with Gasteiger partial charge < -0.3 is 0 Å². The molecule has 0 saturated carbocycles. The summed E-state index contributed by atoms with van der Waals surface area (Å²) < 4.78 is 0.892. The lowest BCUT2D eigenvalue weighted by atomic mass is 9.98. The predicted octanol–water partition coefficient (Wildman–Crippen LogP) is 5.35. The van der Waals surface area contributed by atoms with Gasteiger partial charge in [-0.3, -0.25) is 4.79 Å². The number of nitrogens with zero attached hydrogens (tertiary/aromatic N) is 1. The number of carbonyl (C=O) groups excluding carboxylic acids is 1. The minimum atomic E-state index is -0.463. The van der Waals surface area contributed by atoms with E-state index < -0.39 is 5.24 Å². The highest BCUT2D eigenvalue weighted by atomic mass is 79.9. The van der Waals surface area contributed by atoms with Gasteiger partial charge in [-0.15, -0.1) is 0 Å². The van der Waals surface area contributed by atoms with Crippen LogP contribution in [0, 0.1) is 6.92 Å². The SMILES string of the molecule is Cc1c(-c2ccccc2)nc2ccc(Br)cc2c1C(=O)Cl. The van der Waals surface area contributed by atoms with Gasteiger partial charge in [-0.1, -0.05) is 46.3 Å². The van der Waals surface area contributed by atoms with Crippen LogP contribution in [0.1, 0.15) is 15.9 Å². The minimum Gasteiger partial charge on any atom is -0.276 e. The molecule has 0 atom stereocenters. The van der Waals surface area contributed by atoms with E-state index in [1.54, 1.807) is 0 Å². The highest BCUT2D eigenvalue weighted by Gasteiger charge is 2.17. The van der Waals surface area contributed by atoms with Crippen LogP contribution in [0.25, 0.3) is 22.2 Å². The van der Waals surface area contributed by atoms with Gasteiger partial charge in [0.15, 0.2) is 0 Å². The number of hydrogen-bond donors (Lipinski definition) is 0. The maximum absolute atomic E-state index is 11.9. The van der Waals surface area contributed by atoms with Crippen LogP contribution in [-0.2, 0) is 0 Å². The Morgan fingerprint density at radius 1 is 1.14 bits per heavy atom. The number of pyridine rings is 1. The lowest BCUT2D eigenvalue weighted by Gasteiger charge is -2.12. The van der Waals surface area contributed by atoms with Crippen molar-refractivity contribution in [2.75, 3.05) is 0 Å². The van der Waals surface area contributed by atoms with Crippen molar-refractivity contribution in [2.24, 2.45) is 0 Å². The summed E-state index contributed by atoms with van der Waals surface area (Å²) in [4.78, 5) is 16.6. The van der Waals surface area contributed by atoms with Crippen molar-refractivity contribution in [1.29, 1.82) is 0 Å². The van der Waals surface area contributed by atoms with E-state index in [1.165, 1.54) is 0 Å². The van der Waals surface area contributed by atoms with Crippen LogP contribution in [0.3, 0.4) is 0 Å². The molecule has 3 aromatic rings. The van der Waals surface area contributed by atoms with E-state index in [0.29, 0.717) is 5.56 Å². The zero-order valence-corrected chi connectivity index (χ0v) is 13.6. The summed E-state index contributed by atoms with van der Waals surface area (Å²) >= 11 is 9.24. The van der Waals surface area contributed by atoms with Crippen molar-refractivity contribution in [3.05, 3.63) is 64.1 Å². The molecule has 1 aromatic heterocycles. The number of aromatic nitrogens is 1. The minimum absolute atomic E-state index is 0.463. The van der Waals surface area contributed by atoms with Gasteiger partial charge in [0.05, 0.1) is 11.2 Å². The monoisotopic (exact) mass is 359 g/mol. The first-order valence-electron chi connectivity index (χ1n) is 6.43. The summed E-state index contributed by atoms with van der Waals surface area (Å²) in [6.07, 6.45) is 0. The first kappa shape index (κ1) is 14.2. The van der Waals surface area contributed by atoms with Gasteiger partial charge in [-0.05, 0) is 42.3 Å². The molecular weight excluding hydrogens is 350 g/mol. The number of halogens is 2. The smallest absolute Gasteiger partial charge is 0.253 e. The summed E-state index contributed by atoms with van der Waals surface area (Å²) in [6.45, 7) is 1.88. The molecule has 2 aromatic carbocycles. The second kappa shape index (κ2) is 5.58. The lowest BCUT2D eigenvalue weighted by molar-refractivity contribution is 0.108. The molecule has 0 aliphatic heterocycles. The highest BCUT2D eigenvalue weighted by Crippen LogP contribution is 2.31. The van der Waals surface area contributed by atoms with E-state index in [-0.39, 0.29) is 0 Å². The third-order valence-corrected chi connectivity index (χ3v) is 4.12. The summed E-state index contributed by atoms with van der Waals surface area (Å²) in [7, 11) is 0. The van der Waals surface area contributed by atoms with Crippen molar-refractivity contribution in [3.8, 4) is 11.3 Å². The maximum atomic E-state index is 11.9. The van der Waals surface area contributed by atoms with Gasteiger partial charge in [0.1, 0.15) is 0 Å². The molecule has 21 heavy (non-hydrogen) atoms. The molecular formula is C17H11BrClNO. The zero-order chi connectivity index (χ0) is 15.0. The molecule has 0 aliphatic rings. The highest BCUT2D eigenvalue weighted by molar-refractivity contribution is 9.10. The van der Waals surface area contributed by atoms with Crippen LogP contribution in [0.4, 0.5) is 0 Å². The molecule has 0 bridgehead atoms. The van der Waals surface area contributed by atoms with Crippen LogP contribution in [0.2, 0.25) is 0 Å². The fourth-order valence-corrected chi connectivity index (χ4v) is 3.07. The first-order valence-corrected chi connectivity index (χ1v) is 7.60. The standard InChI is InChI=1S/C17H11BrClNO/c1-10-15(17(19)21)13-9-12(18)7-8-14(13)20-16(10)11-5-3-2-4-6-11/h2-9H,1H3. The molecule has 0 spiro atoms. The van der Waals surface area contributed by atoms with Crippen molar-refractivity contribution >= 4 is 43.7 Å². The molecule has 3 rings (SSSR count). The van der Waals surface area contributed by atoms with E-state index in [0.717, 1.165) is 32.2 Å². The Bertz CT molecular complexity index is 846. The maximum Gasteiger partial charge on any atom is 0.253 e. The molecule has 0 aliphatic carbocycles. The second-order valence-electron chi connectivity index (χ2n) is 4.76. The van der Waals surface area contributed by atoms with Crippen molar-refractivity contribution < 1.29 is 4.79 Å². The lowest BCUT2D eigenvalue weighted by Crippen LogP contribution is -2.01. The molecule has 0 saturated heterocycles. The summed E-state index contributed by atoms with van der Waals surface area (Å²) in [5, 5.41) is 0.303. The van der Waals surface area contributed by atoms with E-state index in [1.807, 2.05) is 55.5 Å². The quantitative estimate of drug-likeness (QED) is 0.576. The third-order valence-electron chi connectivity index (χ3n) is 3.43. The third kappa shape index (κ3) is 2.59. The van der Waals surface area contributed by atoms with Gasteiger partial charge >= 0.3 is 0 Å². The molecule has 4 heteroatoms. The molecule has 0 unspecified atom stereocenters. The largest absolute Gasteiger partial charge is 0.276 e. The summed E-state index contributed by atoms with van der Waals surface area (Å²) in [5.41, 5.74) is 3.83. The zero-order valence-electron chi connectivity index (χ0n) is 11.2. The van der Waals surface area contributed by atoms with Crippen LogP contribution < -0.4 is 0 Å². The first-order chi connectivity index (χ1) is 10.1. The molecule has 2 nitrogen and oxygen atoms in total. The normalized spacial score (nSPS) is 10.8. The number of carbonyl (C=O) groups is 1. The van der Waals surface area contributed by atoms with Crippen molar-refractivity contribution in [3.63, 3.8) is 0 Å². The number of benzene rings is 2. The molecule has 104 valence electrons. The van der Waals surface area contributed by atoms with E-state index in [2.05, 4.69) is 15.9 Å². The van der Waals surface area contributed by atoms with Gasteiger partial charge in [0.2, 0.25) is 0 Å². The van der Waals surface area contributed by atoms with Gasteiger partial charge in [0.25, 0.3) is 5.24 Å². The molecule has 0 amide bonds. The van der Waals surface area contributed by atoms with Gasteiger partial charge in [-0.25, -0.2) is 4.98 Å². The van der Waals surface area contributed by atoms with Gasteiger partial charge in [0, 0.05) is 21.0 Å². The van der Waals surface area contributed by atoms with Gasteiger partial charge in [-0.2, -0.15) is 0 Å². The summed E-state index contributed by atoms with van der Waals surface area (Å²) in [6, 6.07) is 15.5. The molecule has 1 heterocycles. The molecule has 0 fully saturated rings. The molecule has 0 N–H and O–H groups in total. The fraction of sp³-hybridized carbons (Fsp3) is 0.0588. The van der Waals surface area contributed by atoms with E-state index in [4.69, 9.17) is 16.6 Å². The van der Waals surface area contributed by atoms with E-state index in [9.17, 15) is 4.79 Å². The Balaban J connectivity index is 2.41. The number of hydrogen-bond acceptors (Lipinski definition) is 2. The Labute approximate surface area is 135 Å². The van der Waals surface area contributed by atoms with Crippen LogP contribution in [-0.4, -0.2) is 10.2 Å². The predicted molar refractivity (Wildman–Crippen MR) is 89.8 cm³/mol.